The molecule has 1 heterocycles. The molecule has 21 heavy (non-hydrogen) atoms. The Hall–Kier alpha value is -0.650. The lowest BCUT2D eigenvalue weighted by atomic mass is 9.94. The smallest absolute Gasteiger partial charge is 0.237 e. The Bertz CT molecular complexity index is 340. The van der Waals surface area contributed by atoms with Gasteiger partial charge < -0.3 is 20.7 Å². The van der Waals surface area contributed by atoms with Gasteiger partial charge in [-0.05, 0) is 65.5 Å². The average Bonchev–Trinajstić information content (AvgIpc) is 3.23. The summed E-state index contributed by atoms with van der Waals surface area (Å²) >= 11 is 0. The number of rotatable bonds is 9. The van der Waals surface area contributed by atoms with E-state index in [2.05, 4.69) is 17.3 Å². The number of nitrogens with two attached hydrogens (primary N) is 1. The van der Waals surface area contributed by atoms with Crippen molar-refractivity contribution in [3.63, 3.8) is 0 Å². The highest BCUT2D eigenvalue weighted by Gasteiger charge is 2.36. The Morgan fingerprint density at radius 1 is 1.38 bits per heavy atom. The van der Waals surface area contributed by atoms with Crippen LogP contribution in [-0.2, 0) is 9.53 Å². The van der Waals surface area contributed by atoms with Crippen molar-refractivity contribution >= 4 is 5.91 Å². The summed E-state index contributed by atoms with van der Waals surface area (Å²) in [6.07, 6.45) is 8.15. The normalized spacial score (nSPS) is 25.8. The van der Waals surface area contributed by atoms with Crippen LogP contribution in [0.3, 0.4) is 0 Å². The van der Waals surface area contributed by atoms with Crippen molar-refractivity contribution in [3.8, 4) is 0 Å². The van der Waals surface area contributed by atoms with Crippen LogP contribution in [0, 0.1) is 0 Å². The molecule has 2 fully saturated rings. The topological polar surface area (TPSA) is 67.6 Å². The molecule has 2 atom stereocenters. The average molecular weight is 297 g/mol. The Morgan fingerprint density at radius 3 is 2.71 bits per heavy atom. The second-order valence-corrected chi connectivity index (χ2v) is 6.97. The van der Waals surface area contributed by atoms with Crippen molar-refractivity contribution < 1.29 is 9.53 Å². The number of nitrogens with one attached hydrogen (secondary N) is 1. The lowest BCUT2D eigenvalue weighted by molar-refractivity contribution is -0.124. The van der Waals surface area contributed by atoms with E-state index in [0.717, 1.165) is 32.5 Å². The van der Waals surface area contributed by atoms with Gasteiger partial charge in [0.05, 0.1) is 11.6 Å². The van der Waals surface area contributed by atoms with Crippen molar-refractivity contribution in [2.45, 2.75) is 69.6 Å². The number of nitrogens with zero attached hydrogens (tertiary/aromatic N) is 1. The van der Waals surface area contributed by atoms with E-state index in [1.165, 1.54) is 32.1 Å². The minimum absolute atomic E-state index is 0.229. The summed E-state index contributed by atoms with van der Waals surface area (Å²) in [6, 6.07) is 0.496. The van der Waals surface area contributed by atoms with Gasteiger partial charge in [-0.25, -0.2) is 0 Å². The summed E-state index contributed by atoms with van der Waals surface area (Å²) in [4.78, 5) is 14.0. The predicted octanol–water partition coefficient (Wildman–Crippen LogP) is 1.26. The van der Waals surface area contributed by atoms with Crippen molar-refractivity contribution in [2.75, 3.05) is 26.7 Å². The molecule has 0 aromatic rings. The van der Waals surface area contributed by atoms with Crippen LogP contribution in [0.4, 0.5) is 0 Å². The molecule has 2 aliphatic rings. The third-order valence-corrected chi connectivity index (χ3v) is 4.65. The van der Waals surface area contributed by atoms with Gasteiger partial charge >= 0.3 is 0 Å². The maximum atomic E-state index is 11.7. The maximum absolute atomic E-state index is 11.7. The third-order valence-electron chi connectivity index (χ3n) is 4.65. The molecule has 1 amide bonds. The van der Waals surface area contributed by atoms with Gasteiger partial charge in [0.25, 0.3) is 0 Å². The molecule has 1 saturated heterocycles. The van der Waals surface area contributed by atoms with E-state index in [1.54, 1.807) is 0 Å². The van der Waals surface area contributed by atoms with Gasteiger partial charge in [-0.15, -0.1) is 0 Å². The van der Waals surface area contributed by atoms with E-state index in [9.17, 15) is 4.79 Å². The minimum Gasteiger partial charge on any atom is -0.377 e. The number of ether oxygens (including phenoxy) is 1. The summed E-state index contributed by atoms with van der Waals surface area (Å²) in [7, 11) is 2.13. The van der Waals surface area contributed by atoms with Gasteiger partial charge in [0.1, 0.15) is 0 Å². The van der Waals surface area contributed by atoms with Crippen LogP contribution in [0.1, 0.15) is 51.9 Å². The molecule has 0 radical (unpaired) electrons. The van der Waals surface area contributed by atoms with Crippen molar-refractivity contribution in [1.29, 1.82) is 0 Å². The fourth-order valence-corrected chi connectivity index (χ4v) is 3.04. The first-order valence-corrected chi connectivity index (χ1v) is 8.37. The van der Waals surface area contributed by atoms with Crippen LogP contribution in [0.2, 0.25) is 0 Å². The maximum Gasteiger partial charge on any atom is 0.237 e. The fraction of sp³-hybridized carbons (Fsp3) is 0.938. The zero-order valence-corrected chi connectivity index (χ0v) is 13.6. The molecule has 2 rings (SSSR count). The van der Waals surface area contributed by atoms with Crippen molar-refractivity contribution in [2.24, 2.45) is 5.73 Å². The largest absolute Gasteiger partial charge is 0.377 e. The van der Waals surface area contributed by atoms with E-state index in [0.29, 0.717) is 12.1 Å². The molecule has 5 heteroatoms. The molecule has 3 N–H and O–H groups in total. The minimum atomic E-state index is -0.552. The summed E-state index contributed by atoms with van der Waals surface area (Å²) in [6.45, 7) is 4.82. The first kappa shape index (κ1) is 16.7. The molecule has 1 aliphatic heterocycles. The summed E-state index contributed by atoms with van der Waals surface area (Å²) < 4.78 is 5.77. The van der Waals surface area contributed by atoms with Gasteiger partial charge in [0.2, 0.25) is 5.91 Å². The fourth-order valence-electron chi connectivity index (χ4n) is 3.04. The van der Waals surface area contributed by atoms with Crippen molar-refractivity contribution in [1.82, 2.24) is 10.2 Å². The molecule has 1 saturated carbocycles. The zero-order valence-electron chi connectivity index (χ0n) is 13.6. The molecule has 0 aromatic heterocycles. The predicted molar refractivity (Wildman–Crippen MR) is 84.1 cm³/mol. The number of hydrogen-bond acceptors (Lipinski definition) is 4. The van der Waals surface area contributed by atoms with Crippen LogP contribution in [0.25, 0.3) is 0 Å². The molecule has 1 aliphatic carbocycles. The third kappa shape index (κ3) is 5.57. The molecule has 2 unspecified atom stereocenters. The molecule has 0 aromatic carbocycles. The SMILES string of the molecule is CN(CCCC(C)(NC1CC1)C(N)=O)CC1CCCCO1. The molecule has 0 bridgehead atoms. The summed E-state index contributed by atoms with van der Waals surface area (Å²) in [5.41, 5.74) is 5.03. The number of primary amides is 1. The van der Waals surface area contributed by atoms with Gasteiger partial charge in [0, 0.05) is 19.2 Å². The Kier molecular flexibility index (Phi) is 6.02. The number of likely N-dealkylation sites (N-methyl/N-ethyl adjacent to an activating group) is 1. The molecule has 0 spiro atoms. The number of carbonyl (C=O) groups is 1. The Labute approximate surface area is 128 Å². The summed E-state index contributed by atoms with van der Waals surface area (Å²) in [5, 5.41) is 3.40. The van der Waals surface area contributed by atoms with Crippen molar-refractivity contribution in [3.05, 3.63) is 0 Å². The highest BCUT2D eigenvalue weighted by atomic mass is 16.5. The highest BCUT2D eigenvalue weighted by Crippen LogP contribution is 2.24. The first-order chi connectivity index (χ1) is 9.99. The van der Waals surface area contributed by atoms with Crippen LogP contribution < -0.4 is 11.1 Å². The van der Waals surface area contributed by atoms with E-state index >= 15 is 0 Å². The quantitative estimate of drug-likeness (QED) is 0.672. The standard InChI is InChI=1S/C16H31N3O2/c1-16(15(17)20,18-13-7-8-13)9-5-10-19(2)12-14-6-3-4-11-21-14/h13-14,18H,3-12H2,1-2H3,(H2,17,20). The number of carbonyl (C=O) groups excluding carboxylic acids is 1. The second-order valence-electron chi connectivity index (χ2n) is 6.97. The van der Waals surface area contributed by atoms with Crippen LogP contribution >= 0.6 is 0 Å². The zero-order chi connectivity index (χ0) is 15.3. The number of hydrogen-bond donors (Lipinski definition) is 2. The van der Waals surface area contributed by atoms with E-state index in [-0.39, 0.29) is 5.91 Å². The van der Waals surface area contributed by atoms with E-state index in [1.807, 2.05) is 6.92 Å². The Balaban J connectivity index is 1.67. The number of amides is 1. The molecular weight excluding hydrogens is 266 g/mol. The van der Waals surface area contributed by atoms with Gasteiger partial charge in [-0.2, -0.15) is 0 Å². The van der Waals surface area contributed by atoms with Gasteiger partial charge in [-0.1, -0.05) is 0 Å². The van der Waals surface area contributed by atoms with E-state index in [4.69, 9.17) is 10.5 Å². The molecule has 5 nitrogen and oxygen atoms in total. The van der Waals surface area contributed by atoms with Gasteiger partial charge in [-0.3, -0.25) is 4.79 Å². The lowest BCUT2D eigenvalue weighted by Gasteiger charge is -2.30. The van der Waals surface area contributed by atoms with Crippen LogP contribution in [0.15, 0.2) is 0 Å². The second kappa shape index (κ2) is 7.56. The first-order valence-electron chi connectivity index (χ1n) is 8.37. The molecular formula is C16H31N3O2. The lowest BCUT2D eigenvalue weighted by Crippen LogP contribution is -2.54. The van der Waals surface area contributed by atoms with Gasteiger partial charge in [0.15, 0.2) is 0 Å². The summed E-state index contributed by atoms with van der Waals surface area (Å²) in [5.74, 6) is -0.229. The highest BCUT2D eigenvalue weighted by molar-refractivity contribution is 5.84. The monoisotopic (exact) mass is 297 g/mol. The van der Waals surface area contributed by atoms with Crippen LogP contribution in [-0.4, -0.2) is 55.2 Å². The Morgan fingerprint density at radius 2 is 2.14 bits per heavy atom. The van der Waals surface area contributed by atoms with E-state index < -0.39 is 5.54 Å². The molecule has 122 valence electrons. The van der Waals surface area contributed by atoms with Crippen LogP contribution in [0.5, 0.6) is 0 Å².